The molecule has 2 saturated heterocycles. The summed E-state index contributed by atoms with van der Waals surface area (Å²) >= 11 is 0. The summed E-state index contributed by atoms with van der Waals surface area (Å²) in [7, 11) is 1.54. The quantitative estimate of drug-likeness (QED) is 0.513. The van der Waals surface area contributed by atoms with E-state index in [1.54, 1.807) is 13.8 Å². The minimum absolute atomic E-state index is 0.0465. The van der Waals surface area contributed by atoms with Gasteiger partial charge in [0.1, 0.15) is 24.9 Å². The molecule has 1 unspecified atom stereocenters. The van der Waals surface area contributed by atoms with Crippen LogP contribution in [0.4, 0.5) is 0 Å². The smallest absolute Gasteiger partial charge is 0.225 e. The molecule has 0 radical (unpaired) electrons. The maximum Gasteiger partial charge on any atom is 0.225 e. The number of methoxy groups -OCH3 is 1. The van der Waals surface area contributed by atoms with Crippen molar-refractivity contribution in [3.63, 3.8) is 0 Å². The largest absolute Gasteiger partial charge is 0.394 e. The highest BCUT2D eigenvalue weighted by molar-refractivity contribution is 5.17. The lowest BCUT2D eigenvalue weighted by molar-refractivity contribution is -0.322. The Balaban J connectivity index is 1.65. The molecule has 0 aromatic heterocycles. The van der Waals surface area contributed by atoms with E-state index in [0.29, 0.717) is 6.61 Å². The Labute approximate surface area is 200 Å². The first-order chi connectivity index (χ1) is 16.3. The van der Waals surface area contributed by atoms with Crippen LogP contribution in [0.1, 0.15) is 25.0 Å². The normalized spacial score (nSPS) is 30.9. The van der Waals surface area contributed by atoms with Crippen LogP contribution in [0.15, 0.2) is 60.7 Å². The van der Waals surface area contributed by atoms with Gasteiger partial charge in [0, 0.05) is 7.11 Å². The Hall–Kier alpha value is -1.88. The van der Waals surface area contributed by atoms with Gasteiger partial charge >= 0.3 is 0 Å². The van der Waals surface area contributed by atoms with Gasteiger partial charge in [-0.1, -0.05) is 60.7 Å². The van der Waals surface area contributed by atoms with E-state index in [1.165, 1.54) is 7.11 Å². The van der Waals surface area contributed by atoms with Crippen molar-refractivity contribution >= 4 is 0 Å². The van der Waals surface area contributed by atoms with Crippen molar-refractivity contribution < 1.29 is 38.6 Å². The Morgan fingerprint density at radius 1 is 0.912 bits per heavy atom. The minimum atomic E-state index is -1.46. The van der Waals surface area contributed by atoms with E-state index in [9.17, 15) is 10.2 Å². The first-order valence-corrected chi connectivity index (χ1v) is 11.5. The van der Waals surface area contributed by atoms with Crippen LogP contribution in [0, 0.1) is 0 Å². The number of rotatable bonds is 11. The van der Waals surface area contributed by atoms with Gasteiger partial charge in [0.05, 0.1) is 26.4 Å². The fourth-order valence-corrected chi connectivity index (χ4v) is 4.75. The third kappa shape index (κ3) is 5.05. The minimum Gasteiger partial charge on any atom is -0.394 e. The van der Waals surface area contributed by atoms with Gasteiger partial charge in [-0.2, -0.15) is 0 Å². The average molecular weight is 475 g/mol. The maximum absolute atomic E-state index is 11.1. The highest BCUT2D eigenvalue weighted by atomic mass is 16.9. The molecule has 34 heavy (non-hydrogen) atoms. The van der Waals surface area contributed by atoms with Crippen LogP contribution < -0.4 is 0 Å². The molecular weight excluding hydrogens is 440 g/mol. The van der Waals surface area contributed by atoms with Crippen molar-refractivity contribution in [1.29, 1.82) is 0 Å². The lowest BCUT2D eigenvalue weighted by Gasteiger charge is -2.40. The number of hydrogen-bond donors (Lipinski definition) is 2. The zero-order valence-electron chi connectivity index (χ0n) is 19.9. The van der Waals surface area contributed by atoms with Gasteiger partial charge in [-0.3, -0.25) is 0 Å². The number of hydrogen-bond acceptors (Lipinski definition) is 8. The predicted molar refractivity (Wildman–Crippen MR) is 123 cm³/mol. The van der Waals surface area contributed by atoms with Gasteiger partial charge in [-0.25, -0.2) is 0 Å². The van der Waals surface area contributed by atoms with Gasteiger partial charge in [-0.05, 0) is 25.0 Å². The second-order valence-corrected chi connectivity index (χ2v) is 9.24. The molecule has 0 bridgehead atoms. The molecule has 0 spiro atoms. The predicted octanol–water partition coefficient (Wildman–Crippen LogP) is 2.41. The molecule has 8 heteroatoms. The molecule has 0 aliphatic carbocycles. The number of fused-ring (bicyclic) bond motifs is 1. The molecule has 2 aromatic rings. The topological polar surface area (TPSA) is 95.8 Å². The van der Waals surface area contributed by atoms with E-state index in [1.807, 2.05) is 60.7 Å². The molecule has 2 N–H and O–H groups in total. The summed E-state index contributed by atoms with van der Waals surface area (Å²) in [6.45, 7) is 3.55. The molecule has 4 rings (SSSR count). The van der Waals surface area contributed by atoms with Crippen molar-refractivity contribution in [2.24, 2.45) is 0 Å². The van der Waals surface area contributed by atoms with Crippen LogP contribution in [0.25, 0.3) is 0 Å². The summed E-state index contributed by atoms with van der Waals surface area (Å²) in [4.78, 5) is 0. The monoisotopic (exact) mass is 474 g/mol. The van der Waals surface area contributed by atoms with Crippen LogP contribution >= 0.6 is 0 Å². The van der Waals surface area contributed by atoms with Crippen LogP contribution in [0.2, 0.25) is 0 Å². The van der Waals surface area contributed by atoms with E-state index in [4.69, 9.17) is 28.4 Å². The molecule has 2 aromatic carbocycles. The average Bonchev–Trinajstić information content (AvgIpc) is 3.22. The molecule has 8 nitrogen and oxygen atoms in total. The van der Waals surface area contributed by atoms with Crippen LogP contribution in [0.5, 0.6) is 0 Å². The van der Waals surface area contributed by atoms with Crippen molar-refractivity contribution in [3.05, 3.63) is 71.8 Å². The van der Waals surface area contributed by atoms with Gasteiger partial charge < -0.3 is 38.6 Å². The summed E-state index contributed by atoms with van der Waals surface area (Å²) in [5.41, 5.74) is 0.455. The summed E-state index contributed by atoms with van der Waals surface area (Å²) in [6, 6.07) is 19.4. The van der Waals surface area contributed by atoms with E-state index in [2.05, 4.69) is 0 Å². The second kappa shape index (κ2) is 10.4. The fraction of sp³-hybridized carbons (Fsp3) is 0.538. The van der Waals surface area contributed by atoms with Gasteiger partial charge in [0.2, 0.25) is 5.79 Å². The maximum atomic E-state index is 11.1. The third-order valence-electron chi connectivity index (χ3n) is 6.18. The first-order valence-electron chi connectivity index (χ1n) is 11.5. The molecule has 2 fully saturated rings. The highest BCUT2D eigenvalue weighted by Crippen LogP contribution is 2.52. The molecule has 0 amide bonds. The lowest BCUT2D eigenvalue weighted by atomic mass is 9.88. The van der Waals surface area contributed by atoms with E-state index in [0.717, 1.165) is 11.1 Å². The molecular formula is C26H34O8. The number of ether oxygens (including phenoxy) is 6. The Morgan fingerprint density at radius 3 is 2.12 bits per heavy atom. The Bertz CT molecular complexity index is 908. The first kappa shape index (κ1) is 25.2. The van der Waals surface area contributed by atoms with Gasteiger partial charge in [-0.15, -0.1) is 0 Å². The van der Waals surface area contributed by atoms with Crippen molar-refractivity contribution in [1.82, 2.24) is 0 Å². The molecule has 0 saturated carbocycles. The van der Waals surface area contributed by atoms with Crippen molar-refractivity contribution in [2.75, 3.05) is 26.9 Å². The Morgan fingerprint density at radius 2 is 1.53 bits per heavy atom. The Kier molecular flexibility index (Phi) is 7.71. The highest BCUT2D eigenvalue weighted by Gasteiger charge is 2.72. The van der Waals surface area contributed by atoms with Crippen LogP contribution in [-0.2, 0) is 41.6 Å². The second-order valence-electron chi connectivity index (χ2n) is 9.24. The van der Waals surface area contributed by atoms with E-state index in [-0.39, 0.29) is 19.8 Å². The summed E-state index contributed by atoms with van der Waals surface area (Å²) < 4.78 is 36.8. The molecule has 2 aliphatic rings. The zero-order valence-corrected chi connectivity index (χ0v) is 19.9. The third-order valence-corrected chi connectivity index (χ3v) is 6.18. The van der Waals surface area contributed by atoms with E-state index < -0.39 is 42.1 Å². The fourth-order valence-electron chi connectivity index (χ4n) is 4.75. The van der Waals surface area contributed by atoms with Gasteiger partial charge in [0.25, 0.3) is 0 Å². The zero-order chi connectivity index (χ0) is 24.2. The standard InChI is InChI=1S/C26H34O8/c1-24(2)32-23-22(31-16-20-12-8-5-9-13-20)25(21(28)14-27,34-26(23,33-24)18-29-3)17-30-15-19-10-6-4-7-11-19/h4-13,21-23,27-28H,14-18H2,1-3H3/t21?,22-,23-,25+,26+/m0/s1. The summed E-state index contributed by atoms with van der Waals surface area (Å²) in [6.07, 6.45) is -2.87. The van der Waals surface area contributed by atoms with Crippen molar-refractivity contribution in [3.8, 4) is 0 Å². The van der Waals surface area contributed by atoms with E-state index >= 15 is 0 Å². The molecule has 2 aliphatic heterocycles. The molecule has 186 valence electrons. The molecule has 2 heterocycles. The van der Waals surface area contributed by atoms with Crippen molar-refractivity contribution in [2.45, 2.75) is 62.5 Å². The summed E-state index contributed by atoms with van der Waals surface area (Å²) in [5.74, 6) is -2.30. The number of aliphatic hydroxyl groups is 2. The SMILES string of the molecule is COC[C@]12OC(C)(C)O[C@H]1[C@H](OCc1ccccc1)[C@@](COCc1ccccc1)(C(O)CO)O2. The number of benzene rings is 2. The van der Waals surface area contributed by atoms with Gasteiger partial charge in [0.15, 0.2) is 11.4 Å². The molecule has 5 atom stereocenters. The van der Waals surface area contributed by atoms with Crippen LogP contribution in [-0.4, -0.2) is 72.6 Å². The van der Waals surface area contributed by atoms with Crippen LogP contribution in [0.3, 0.4) is 0 Å². The lowest BCUT2D eigenvalue weighted by Crippen LogP contribution is -2.59. The number of aliphatic hydroxyl groups excluding tert-OH is 2. The summed E-state index contributed by atoms with van der Waals surface area (Å²) in [5, 5.41) is 21.1.